The number of morpholine rings is 1. The molecule has 0 radical (unpaired) electrons. The lowest BCUT2D eigenvalue weighted by Gasteiger charge is -2.26. The van der Waals surface area contributed by atoms with Crippen molar-refractivity contribution < 1.29 is 13.9 Å². The average molecular weight is 370 g/mol. The topological polar surface area (TPSA) is 34.8 Å². The van der Waals surface area contributed by atoms with Gasteiger partial charge in [0.25, 0.3) is 0 Å². The van der Waals surface area contributed by atoms with Gasteiger partial charge in [-0.05, 0) is 37.2 Å². The van der Waals surface area contributed by atoms with Crippen LogP contribution >= 0.6 is 23.2 Å². The van der Waals surface area contributed by atoms with Gasteiger partial charge in [-0.3, -0.25) is 4.90 Å². The van der Waals surface area contributed by atoms with Crippen molar-refractivity contribution in [2.75, 3.05) is 32.8 Å². The predicted molar refractivity (Wildman–Crippen MR) is 95.1 cm³/mol. The van der Waals surface area contributed by atoms with Gasteiger partial charge in [0.1, 0.15) is 23.9 Å². The fraction of sp³-hybridized carbons (Fsp3) is 0.444. The number of halogens is 2. The first-order valence-electron chi connectivity index (χ1n) is 8.16. The third kappa shape index (κ3) is 5.15. The fourth-order valence-electron chi connectivity index (χ4n) is 2.66. The van der Waals surface area contributed by atoms with E-state index in [0.29, 0.717) is 22.4 Å². The molecule has 1 fully saturated rings. The van der Waals surface area contributed by atoms with Gasteiger partial charge >= 0.3 is 0 Å². The number of aryl methyl sites for hydroxylation is 1. The van der Waals surface area contributed by atoms with Gasteiger partial charge in [-0.1, -0.05) is 23.2 Å². The number of hydrogen-bond acceptors (Lipinski definition) is 4. The molecule has 0 saturated carbocycles. The molecular formula is C18H21Cl2NO3. The van der Waals surface area contributed by atoms with Crippen LogP contribution in [-0.2, 0) is 17.8 Å². The molecule has 0 amide bonds. The van der Waals surface area contributed by atoms with Crippen molar-refractivity contribution in [2.45, 2.75) is 19.4 Å². The molecule has 0 spiro atoms. The summed E-state index contributed by atoms with van der Waals surface area (Å²) in [4.78, 5) is 2.43. The summed E-state index contributed by atoms with van der Waals surface area (Å²) in [5.41, 5.74) is 0. The van der Waals surface area contributed by atoms with Crippen molar-refractivity contribution in [1.29, 1.82) is 0 Å². The van der Waals surface area contributed by atoms with Crippen molar-refractivity contribution in [3.05, 3.63) is 51.9 Å². The van der Waals surface area contributed by atoms with Crippen molar-refractivity contribution >= 4 is 23.2 Å². The van der Waals surface area contributed by atoms with Gasteiger partial charge in [-0.2, -0.15) is 0 Å². The van der Waals surface area contributed by atoms with Crippen LogP contribution in [0.4, 0.5) is 0 Å². The first-order valence-corrected chi connectivity index (χ1v) is 8.92. The summed E-state index contributed by atoms with van der Waals surface area (Å²) in [5.74, 6) is 2.48. The average Bonchev–Trinajstić information content (AvgIpc) is 3.05. The van der Waals surface area contributed by atoms with E-state index < -0.39 is 0 Å². The van der Waals surface area contributed by atoms with Crippen molar-refractivity contribution in [1.82, 2.24) is 4.90 Å². The van der Waals surface area contributed by atoms with E-state index in [4.69, 9.17) is 37.1 Å². The number of ether oxygens (including phenoxy) is 2. The van der Waals surface area contributed by atoms with Crippen LogP contribution < -0.4 is 4.74 Å². The highest BCUT2D eigenvalue weighted by atomic mass is 35.5. The van der Waals surface area contributed by atoms with Gasteiger partial charge in [-0.15, -0.1) is 0 Å². The quantitative estimate of drug-likeness (QED) is 0.722. The molecule has 1 aliphatic heterocycles. The minimum absolute atomic E-state index is 0.376. The second kappa shape index (κ2) is 8.77. The van der Waals surface area contributed by atoms with Crippen LogP contribution in [0.25, 0.3) is 0 Å². The molecule has 0 N–H and O–H groups in total. The molecule has 1 aromatic carbocycles. The first kappa shape index (κ1) is 17.6. The molecule has 130 valence electrons. The first-order chi connectivity index (χ1) is 11.7. The molecule has 0 bridgehead atoms. The highest BCUT2D eigenvalue weighted by Crippen LogP contribution is 2.27. The second-order valence-corrected chi connectivity index (χ2v) is 6.60. The zero-order chi connectivity index (χ0) is 16.8. The van der Waals surface area contributed by atoms with Crippen molar-refractivity contribution in [3.63, 3.8) is 0 Å². The summed E-state index contributed by atoms with van der Waals surface area (Å²) < 4.78 is 16.9. The Balaban J connectivity index is 1.42. The molecular weight excluding hydrogens is 349 g/mol. The maximum atomic E-state index is 5.97. The van der Waals surface area contributed by atoms with E-state index in [1.54, 1.807) is 18.2 Å². The Morgan fingerprint density at radius 1 is 1.00 bits per heavy atom. The Hall–Kier alpha value is -1.20. The van der Waals surface area contributed by atoms with Gasteiger partial charge in [0.2, 0.25) is 0 Å². The van der Waals surface area contributed by atoms with Crippen LogP contribution in [0.15, 0.2) is 34.7 Å². The lowest BCUT2D eigenvalue weighted by Crippen LogP contribution is -2.36. The van der Waals surface area contributed by atoms with Gasteiger partial charge in [0.05, 0.1) is 23.3 Å². The fourth-order valence-corrected chi connectivity index (χ4v) is 2.95. The predicted octanol–water partition coefficient (Wildman–Crippen LogP) is 4.43. The van der Waals surface area contributed by atoms with Crippen molar-refractivity contribution in [3.8, 4) is 5.75 Å². The molecule has 2 heterocycles. The van der Waals surface area contributed by atoms with Crippen LogP contribution in [-0.4, -0.2) is 37.7 Å². The maximum Gasteiger partial charge on any atom is 0.146 e. The van der Waals surface area contributed by atoms with E-state index in [1.165, 1.54) is 0 Å². The standard InChI is InChI=1S/C18H21Cl2NO3/c19-17-6-5-15(12-18(17)20)23-13-16-4-3-14(24-16)2-1-7-21-8-10-22-11-9-21/h3-6,12H,1-2,7-11,13H2. The summed E-state index contributed by atoms with van der Waals surface area (Å²) in [5, 5.41) is 1.00. The normalized spacial score (nSPS) is 15.6. The minimum atomic E-state index is 0.376. The molecule has 24 heavy (non-hydrogen) atoms. The molecule has 6 heteroatoms. The minimum Gasteiger partial charge on any atom is -0.486 e. The van der Waals surface area contributed by atoms with E-state index in [-0.39, 0.29) is 0 Å². The number of furan rings is 1. The zero-order valence-corrected chi connectivity index (χ0v) is 15.0. The Bertz CT molecular complexity index is 653. The Morgan fingerprint density at radius 3 is 2.58 bits per heavy atom. The van der Waals surface area contributed by atoms with E-state index >= 15 is 0 Å². The number of rotatable bonds is 7. The SMILES string of the molecule is Clc1ccc(OCc2ccc(CCCN3CCOCC3)o2)cc1Cl. The third-order valence-electron chi connectivity index (χ3n) is 3.99. The molecule has 1 aromatic heterocycles. The smallest absolute Gasteiger partial charge is 0.146 e. The Labute approximate surface area is 152 Å². The molecule has 0 atom stereocenters. The van der Waals surface area contributed by atoms with E-state index in [1.807, 2.05) is 12.1 Å². The number of nitrogens with zero attached hydrogens (tertiary/aromatic N) is 1. The Morgan fingerprint density at radius 2 is 1.79 bits per heavy atom. The molecule has 3 rings (SSSR count). The highest BCUT2D eigenvalue weighted by Gasteiger charge is 2.10. The largest absolute Gasteiger partial charge is 0.486 e. The summed E-state index contributed by atoms with van der Waals surface area (Å²) >= 11 is 11.9. The second-order valence-electron chi connectivity index (χ2n) is 5.79. The summed E-state index contributed by atoms with van der Waals surface area (Å²) in [6.45, 7) is 5.20. The summed E-state index contributed by atoms with van der Waals surface area (Å²) in [6, 6.07) is 9.20. The molecule has 1 saturated heterocycles. The van der Waals surface area contributed by atoms with Crippen LogP contribution in [0.2, 0.25) is 10.0 Å². The summed E-state index contributed by atoms with van der Waals surface area (Å²) in [6.07, 6.45) is 2.02. The Kier molecular flexibility index (Phi) is 6.44. The van der Waals surface area contributed by atoms with Gasteiger partial charge in [-0.25, -0.2) is 0 Å². The van der Waals surface area contributed by atoms with E-state index in [9.17, 15) is 0 Å². The van der Waals surface area contributed by atoms with Crippen LogP contribution in [0.3, 0.4) is 0 Å². The van der Waals surface area contributed by atoms with Crippen LogP contribution in [0.1, 0.15) is 17.9 Å². The highest BCUT2D eigenvalue weighted by molar-refractivity contribution is 6.42. The van der Waals surface area contributed by atoms with Gasteiger partial charge in [0.15, 0.2) is 0 Å². The van der Waals surface area contributed by atoms with Crippen molar-refractivity contribution in [2.24, 2.45) is 0 Å². The van der Waals surface area contributed by atoms with Gasteiger partial charge < -0.3 is 13.9 Å². The third-order valence-corrected chi connectivity index (χ3v) is 4.73. The number of benzene rings is 1. The number of hydrogen-bond donors (Lipinski definition) is 0. The molecule has 4 nitrogen and oxygen atoms in total. The lowest BCUT2D eigenvalue weighted by atomic mass is 10.2. The van der Waals surface area contributed by atoms with Gasteiger partial charge in [0, 0.05) is 25.6 Å². The lowest BCUT2D eigenvalue weighted by molar-refractivity contribution is 0.0373. The maximum absolute atomic E-state index is 5.97. The summed E-state index contributed by atoms with van der Waals surface area (Å²) in [7, 11) is 0. The van der Waals surface area contributed by atoms with E-state index in [2.05, 4.69) is 4.90 Å². The molecule has 1 aliphatic rings. The van der Waals surface area contributed by atoms with E-state index in [0.717, 1.165) is 57.2 Å². The molecule has 0 aliphatic carbocycles. The molecule has 0 unspecified atom stereocenters. The van der Waals surface area contributed by atoms with Crippen LogP contribution in [0.5, 0.6) is 5.75 Å². The monoisotopic (exact) mass is 369 g/mol. The molecule has 2 aromatic rings. The zero-order valence-electron chi connectivity index (χ0n) is 13.5. The van der Waals surface area contributed by atoms with Crippen LogP contribution in [0, 0.1) is 0 Å².